The number of hydrogen-bond donors (Lipinski definition) is 3. The highest BCUT2D eigenvalue weighted by Crippen LogP contribution is 2.38. The maximum atomic E-state index is 12.9. The van der Waals surface area contributed by atoms with Gasteiger partial charge in [-0.1, -0.05) is 182 Å². The fourth-order valence-electron chi connectivity index (χ4n) is 6.65. The van der Waals surface area contributed by atoms with E-state index in [1.807, 2.05) is 188 Å². The van der Waals surface area contributed by atoms with Crippen LogP contribution in [0.2, 0.25) is 0 Å². The fraction of sp³-hybridized carbons (Fsp3) is 0.149. The van der Waals surface area contributed by atoms with Gasteiger partial charge in [-0.15, -0.1) is 0 Å². The first-order chi connectivity index (χ1) is 26.3. The third-order valence-electron chi connectivity index (χ3n) is 9.18. The lowest BCUT2D eigenvalue weighted by molar-refractivity contribution is -0.123. The minimum Gasteiger partial charge on any atom is -0.338 e. The van der Waals surface area contributed by atoms with Crippen LogP contribution in [0, 0.1) is 28.6 Å². The molecule has 6 aromatic carbocycles. The SMILES string of the molecule is C[C@H](C#N)CC(=O)NC(c1ccccc1)(c1ccccc1)c1ccccc1.N#C[C@@H](N)CC(=O)NC(c1ccccc1)(c1ccccc1)c1ccccc1. The van der Waals surface area contributed by atoms with Crippen molar-refractivity contribution in [2.24, 2.45) is 11.7 Å². The zero-order valence-electron chi connectivity index (χ0n) is 30.2. The number of nitrogens with one attached hydrogen (secondary N) is 2. The predicted molar refractivity (Wildman–Crippen MR) is 212 cm³/mol. The van der Waals surface area contributed by atoms with E-state index >= 15 is 0 Å². The normalized spacial score (nSPS) is 12.0. The second-order valence-electron chi connectivity index (χ2n) is 13.0. The summed E-state index contributed by atoms with van der Waals surface area (Å²) in [6.07, 6.45) is 0.0928. The second-order valence-corrected chi connectivity index (χ2v) is 13.0. The minimum absolute atomic E-state index is 0.0647. The van der Waals surface area contributed by atoms with E-state index in [1.165, 1.54) is 0 Å². The van der Waals surface area contributed by atoms with Crippen LogP contribution < -0.4 is 16.4 Å². The summed E-state index contributed by atoms with van der Waals surface area (Å²) in [5.74, 6) is -0.772. The molecule has 6 aromatic rings. The van der Waals surface area contributed by atoms with Crippen molar-refractivity contribution >= 4 is 11.8 Å². The highest BCUT2D eigenvalue weighted by Gasteiger charge is 2.39. The molecule has 0 unspecified atom stereocenters. The molecular formula is C47H43N5O2. The van der Waals surface area contributed by atoms with Gasteiger partial charge in [0.2, 0.25) is 11.8 Å². The average Bonchev–Trinajstić information content (AvgIpc) is 3.24. The summed E-state index contributed by atoms with van der Waals surface area (Å²) in [4.78, 5) is 25.7. The van der Waals surface area contributed by atoms with Gasteiger partial charge in [0.15, 0.2) is 0 Å². The van der Waals surface area contributed by atoms with Gasteiger partial charge in [0.1, 0.15) is 17.1 Å². The number of nitrogens with zero attached hydrogens (tertiary/aromatic N) is 2. The summed E-state index contributed by atoms with van der Waals surface area (Å²) in [5, 5.41) is 24.5. The van der Waals surface area contributed by atoms with Gasteiger partial charge in [-0.2, -0.15) is 10.5 Å². The minimum atomic E-state index is -0.879. The van der Waals surface area contributed by atoms with Gasteiger partial charge in [0.25, 0.3) is 0 Å². The lowest BCUT2D eigenvalue weighted by Crippen LogP contribution is -2.49. The number of rotatable bonds is 12. The molecule has 0 fully saturated rings. The number of nitrogens with two attached hydrogens (primary N) is 1. The molecule has 0 radical (unpaired) electrons. The van der Waals surface area contributed by atoms with Gasteiger partial charge >= 0.3 is 0 Å². The molecule has 2 amide bonds. The van der Waals surface area contributed by atoms with Gasteiger partial charge < -0.3 is 16.4 Å². The van der Waals surface area contributed by atoms with Crippen molar-refractivity contribution in [1.82, 2.24) is 10.6 Å². The standard InChI is InChI=1S/C24H22N2O.C23H21N3O/c1-19(18-25)17-23(27)26-24(20-11-5-2-6-12-20,21-13-7-3-8-14-21)22-15-9-4-10-16-22;24-17-21(25)16-22(27)26-23(18-10-4-1-5-11-18,19-12-6-2-7-13-19)20-14-8-3-9-15-20/h2-16,19H,17H2,1H3,(H,26,27);1-15,21H,16,25H2,(H,26,27)/t19-;21-/m00/s1. The van der Waals surface area contributed by atoms with Crippen LogP contribution in [0.4, 0.5) is 0 Å². The number of carbonyl (C=O) groups is 2. The average molecular weight is 710 g/mol. The summed E-state index contributed by atoms with van der Waals surface area (Å²) < 4.78 is 0. The first-order valence-corrected chi connectivity index (χ1v) is 17.8. The Kier molecular flexibility index (Phi) is 13.3. The van der Waals surface area contributed by atoms with Crippen molar-refractivity contribution in [3.63, 3.8) is 0 Å². The van der Waals surface area contributed by atoms with E-state index in [0.717, 1.165) is 33.4 Å². The molecule has 0 saturated carbocycles. The number of nitriles is 2. The Hall–Kier alpha value is -6.80. The van der Waals surface area contributed by atoms with E-state index < -0.39 is 17.1 Å². The molecule has 0 heterocycles. The number of hydrogen-bond acceptors (Lipinski definition) is 5. The predicted octanol–water partition coefficient (Wildman–Crippen LogP) is 7.98. The van der Waals surface area contributed by atoms with E-state index in [-0.39, 0.29) is 30.6 Å². The van der Waals surface area contributed by atoms with Crippen LogP contribution in [0.3, 0.4) is 0 Å². The van der Waals surface area contributed by atoms with Gasteiger partial charge in [0.05, 0.1) is 24.5 Å². The largest absolute Gasteiger partial charge is 0.338 e. The first kappa shape index (κ1) is 38.4. The Morgan fingerprint density at radius 2 is 0.722 bits per heavy atom. The molecule has 6 rings (SSSR count). The van der Waals surface area contributed by atoms with Crippen molar-refractivity contribution in [2.45, 2.75) is 36.9 Å². The number of amides is 2. The summed E-state index contributed by atoms with van der Waals surface area (Å²) in [5.41, 5.74) is 9.70. The van der Waals surface area contributed by atoms with E-state index in [4.69, 9.17) is 16.3 Å². The van der Waals surface area contributed by atoms with E-state index in [2.05, 4.69) is 16.7 Å². The number of carbonyl (C=O) groups excluding carboxylic acids is 2. The number of benzene rings is 6. The topological polar surface area (TPSA) is 132 Å². The molecule has 268 valence electrons. The van der Waals surface area contributed by atoms with Crippen LogP contribution in [0.5, 0.6) is 0 Å². The molecule has 0 aliphatic carbocycles. The lowest BCUT2D eigenvalue weighted by Gasteiger charge is -2.37. The zero-order chi connectivity index (χ0) is 38.2. The maximum absolute atomic E-state index is 12.9. The molecule has 2 atom stereocenters. The highest BCUT2D eigenvalue weighted by atomic mass is 16.2. The Bertz CT molecular complexity index is 1800. The molecule has 7 nitrogen and oxygen atoms in total. The first-order valence-electron chi connectivity index (χ1n) is 17.8. The zero-order valence-corrected chi connectivity index (χ0v) is 30.2. The van der Waals surface area contributed by atoms with E-state index in [1.54, 1.807) is 6.92 Å². The quantitative estimate of drug-likeness (QED) is 0.111. The van der Waals surface area contributed by atoms with Crippen LogP contribution in [0.25, 0.3) is 0 Å². The molecule has 0 spiro atoms. The van der Waals surface area contributed by atoms with E-state index in [9.17, 15) is 9.59 Å². The molecule has 0 aromatic heterocycles. The Morgan fingerprint density at radius 3 is 0.944 bits per heavy atom. The highest BCUT2D eigenvalue weighted by molar-refractivity contribution is 5.80. The lowest BCUT2D eigenvalue weighted by atomic mass is 9.77. The molecule has 0 aliphatic rings. The van der Waals surface area contributed by atoms with Crippen LogP contribution >= 0.6 is 0 Å². The Labute approximate surface area is 317 Å². The third kappa shape index (κ3) is 8.97. The molecule has 7 heteroatoms. The third-order valence-corrected chi connectivity index (χ3v) is 9.18. The summed E-state index contributed by atoms with van der Waals surface area (Å²) >= 11 is 0. The Balaban J connectivity index is 0.000000208. The van der Waals surface area contributed by atoms with Crippen molar-refractivity contribution in [1.29, 1.82) is 10.5 Å². The fourth-order valence-corrected chi connectivity index (χ4v) is 6.65. The second kappa shape index (κ2) is 18.6. The molecule has 0 aliphatic heterocycles. The molecular weight excluding hydrogens is 667 g/mol. The smallest absolute Gasteiger partial charge is 0.223 e. The van der Waals surface area contributed by atoms with Crippen LogP contribution in [-0.2, 0) is 20.7 Å². The molecule has 0 saturated heterocycles. The Morgan fingerprint density at radius 1 is 0.481 bits per heavy atom. The van der Waals surface area contributed by atoms with Crippen molar-refractivity contribution in [3.05, 3.63) is 215 Å². The van der Waals surface area contributed by atoms with Crippen LogP contribution in [0.1, 0.15) is 53.1 Å². The molecule has 4 N–H and O–H groups in total. The monoisotopic (exact) mass is 709 g/mol. The van der Waals surface area contributed by atoms with Crippen molar-refractivity contribution in [3.8, 4) is 12.1 Å². The maximum Gasteiger partial charge on any atom is 0.223 e. The van der Waals surface area contributed by atoms with Gasteiger partial charge in [-0.3, -0.25) is 9.59 Å². The van der Waals surface area contributed by atoms with Gasteiger partial charge in [-0.05, 0) is 40.3 Å². The van der Waals surface area contributed by atoms with Crippen LogP contribution in [-0.4, -0.2) is 17.9 Å². The molecule has 0 bridgehead atoms. The summed E-state index contributed by atoms with van der Waals surface area (Å²) in [7, 11) is 0. The van der Waals surface area contributed by atoms with Crippen molar-refractivity contribution < 1.29 is 9.59 Å². The molecule has 54 heavy (non-hydrogen) atoms. The summed E-state index contributed by atoms with van der Waals surface area (Å²) in [6.45, 7) is 1.76. The van der Waals surface area contributed by atoms with E-state index in [0.29, 0.717) is 0 Å². The van der Waals surface area contributed by atoms with Crippen molar-refractivity contribution in [2.75, 3.05) is 0 Å². The van der Waals surface area contributed by atoms with Crippen LogP contribution in [0.15, 0.2) is 182 Å². The van der Waals surface area contributed by atoms with Gasteiger partial charge in [0, 0.05) is 6.42 Å². The summed E-state index contributed by atoms with van der Waals surface area (Å²) in [6, 6.07) is 62.5. The van der Waals surface area contributed by atoms with Gasteiger partial charge in [-0.25, -0.2) is 0 Å².